The zero-order valence-electron chi connectivity index (χ0n) is 14.6. The smallest absolute Gasteiger partial charge is 0.253 e. The van der Waals surface area contributed by atoms with Crippen molar-refractivity contribution in [3.8, 4) is 5.88 Å². The average Bonchev–Trinajstić information content (AvgIpc) is 3.28. The van der Waals surface area contributed by atoms with Gasteiger partial charge < -0.3 is 19.8 Å². The zero-order valence-corrected chi connectivity index (χ0v) is 14.6. The number of pyridine rings is 1. The highest BCUT2D eigenvalue weighted by Gasteiger charge is 2.17. The number of carbonyl (C=O) groups is 1. The number of carbonyl (C=O) groups excluding carboxylic acids is 1. The molecule has 4 rings (SSSR count). The van der Waals surface area contributed by atoms with Crippen LogP contribution < -0.4 is 10.1 Å². The number of aryl methyl sites for hydroxylation is 1. The summed E-state index contributed by atoms with van der Waals surface area (Å²) >= 11 is 0. The van der Waals surface area contributed by atoms with Crippen molar-refractivity contribution in [2.75, 3.05) is 13.2 Å². The van der Waals surface area contributed by atoms with Crippen LogP contribution in [0.15, 0.2) is 42.6 Å². The SMILES string of the molecule is Cc1cc2cc(CNC(=O)c3ccc(O[C@@H]4CCOC4)nc3)ccc2[nH]1. The number of H-pyrrole nitrogens is 1. The van der Waals surface area contributed by atoms with E-state index in [0.29, 0.717) is 24.6 Å². The Bertz CT molecular complexity index is 912. The summed E-state index contributed by atoms with van der Waals surface area (Å²) in [7, 11) is 0. The summed E-state index contributed by atoms with van der Waals surface area (Å²) in [5.74, 6) is 0.365. The second-order valence-corrected chi connectivity index (χ2v) is 6.55. The Kier molecular flexibility index (Phi) is 4.58. The molecule has 3 heterocycles. The lowest BCUT2D eigenvalue weighted by Crippen LogP contribution is -2.23. The number of hydrogen-bond acceptors (Lipinski definition) is 4. The third-order valence-electron chi connectivity index (χ3n) is 4.45. The normalized spacial score (nSPS) is 16.7. The Morgan fingerprint density at radius 2 is 2.27 bits per heavy atom. The summed E-state index contributed by atoms with van der Waals surface area (Å²) < 4.78 is 11.0. The summed E-state index contributed by atoms with van der Waals surface area (Å²) in [6, 6.07) is 11.7. The first kappa shape index (κ1) is 16.6. The van der Waals surface area contributed by atoms with Crippen molar-refractivity contribution in [3.63, 3.8) is 0 Å². The lowest BCUT2D eigenvalue weighted by atomic mass is 10.1. The molecule has 1 aromatic carbocycles. The molecule has 6 nitrogen and oxygen atoms in total. The quantitative estimate of drug-likeness (QED) is 0.741. The van der Waals surface area contributed by atoms with Crippen LogP contribution in [0.4, 0.5) is 0 Å². The molecule has 1 amide bonds. The van der Waals surface area contributed by atoms with Gasteiger partial charge in [0.05, 0.1) is 18.8 Å². The molecule has 1 aliphatic heterocycles. The zero-order chi connectivity index (χ0) is 17.9. The first-order chi connectivity index (χ1) is 12.7. The van der Waals surface area contributed by atoms with E-state index in [1.807, 2.05) is 19.1 Å². The van der Waals surface area contributed by atoms with Crippen LogP contribution in [0.1, 0.15) is 28.0 Å². The lowest BCUT2D eigenvalue weighted by molar-refractivity contribution is 0.0950. The van der Waals surface area contributed by atoms with Gasteiger partial charge in [-0.1, -0.05) is 6.07 Å². The van der Waals surface area contributed by atoms with E-state index in [9.17, 15) is 4.79 Å². The predicted octanol–water partition coefficient (Wildman–Crippen LogP) is 2.97. The van der Waals surface area contributed by atoms with E-state index in [1.165, 1.54) is 0 Å². The molecular weight excluding hydrogens is 330 g/mol. The van der Waals surface area contributed by atoms with Gasteiger partial charge in [0, 0.05) is 36.4 Å². The topological polar surface area (TPSA) is 76.2 Å². The highest BCUT2D eigenvalue weighted by Crippen LogP contribution is 2.17. The molecule has 26 heavy (non-hydrogen) atoms. The number of benzene rings is 1. The second kappa shape index (κ2) is 7.17. The summed E-state index contributed by atoms with van der Waals surface area (Å²) in [5, 5.41) is 4.08. The van der Waals surface area contributed by atoms with Crippen LogP contribution in [-0.4, -0.2) is 35.2 Å². The van der Waals surface area contributed by atoms with Gasteiger partial charge in [-0.05, 0) is 42.1 Å². The van der Waals surface area contributed by atoms with Gasteiger partial charge in [0.15, 0.2) is 0 Å². The van der Waals surface area contributed by atoms with Gasteiger partial charge in [0.1, 0.15) is 6.10 Å². The molecule has 0 aliphatic carbocycles. The molecule has 134 valence electrons. The number of nitrogens with zero attached hydrogens (tertiary/aromatic N) is 1. The van der Waals surface area contributed by atoms with E-state index in [-0.39, 0.29) is 12.0 Å². The van der Waals surface area contributed by atoms with Crippen molar-refractivity contribution in [1.82, 2.24) is 15.3 Å². The number of nitrogens with one attached hydrogen (secondary N) is 2. The van der Waals surface area contributed by atoms with Gasteiger partial charge in [-0.15, -0.1) is 0 Å². The number of ether oxygens (including phenoxy) is 2. The molecule has 1 saturated heterocycles. The fraction of sp³-hybridized carbons (Fsp3) is 0.300. The van der Waals surface area contributed by atoms with Crippen molar-refractivity contribution in [2.24, 2.45) is 0 Å². The van der Waals surface area contributed by atoms with E-state index in [0.717, 1.165) is 35.2 Å². The van der Waals surface area contributed by atoms with Crippen molar-refractivity contribution in [3.05, 3.63) is 59.4 Å². The van der Waals surface area contributed by atoms with Crippen molar-refractivity contribution >= 4 is 16.8 Å². The van der Waals surface area contributed by atoms with Crippen LogP contribution in [0.3, 0.4) is 0 Å². The third kappa shape index (κ3) is 3.70. The molecule has 1 atom stereocenters. The minimum Gasteiger partial charge on any atom is -0.472 e. The Morgan fingerprint density at radius 3 is 3.04 bits per heavy atom. The molecule has 2 N–H and O–H groups in total. The standard InChI is InChI=1S/C20H21N3O3/c1-13-8-16-9-14(2-4-18(16)23-13)10-22-20(24)15-3-5-19(21-11-15)26-17-6-7-25-12-17/h2-5,8-9,11,17,23H,6-7,10,12H2,1H3,(H,22,24)/t17-/m1/s1. The molecule has 1 fully saturated rings. The van der Waals surface area contributed by atoms with Gasteiger partial charge in [-0.2, -0.15) is 0 Å². The molecule has 2 aromatic heterocycles. The third-order valence-corrected chi connectivity index (χ3v) is 4.45. The highest BCUT2D eigenvalue weighted by atomic mass is 16.5. The molecule has 0 unspecified atom stereocenters. The Hall–Kier alpha value is -2.86. The number of aromatic nitrogens is 2. The summed E-state index contributed by atoms with van der Waals surface area (Å²) in [6.45, 7) is 3.81. The predicted molar refractivity (Wildman–Crippen MR) is 98.3 cm³/mol. The monoisotopic (exact) mass is 351 g/mol. The molecule has 6 heteroatoms. The molecular formula is C20H21N3O3. The van der Waals surface area contributed by atoms with Gasteiger partial charge in [-0.3, -0.25) is 4.79 Å². The number of hydrogen-bond donors (Lipinski definition) is 2. The van der Waals surface area contributed by atoms with Gasteiger partial charge in [0.25, 0.3) is 5.91 Å². The maximum Gasteiger partial charge on any atom is 0.253 e. The number of aromatic amines is 1. The number of rotatable bonds is 5. The van der Waals surface area contributed by atoms with Crippen LogP contribution in [0, 0.1) is 6.92 Å². The van der Waals surface area contributed by atoms with Crippen LogP contribution in [0.25, 0.3) is 10.9 Å². The molecule has 0 radical (unpaired) electrons. The van der Waals surface area contributed by atoms with E-state index < -0.39 is 0 Å². The molecule has 1 aliphatic rings. The summed E-state index contributed by atoms with van der Waals surface area (Å²) in [6.07, 6.45) is 2.46. The lowest BCUT2D eigenvalue weighted by Gasteiger charge is -2.11. The van der Waals surface area contributed by atoms with Crippen LogP contribution in [-0.2, 0) is 11.3 Å². The second-order valence-electron chi connectivity index (χ2n) is 6.55. The number of amides is 1. The minimum atomic E-state index is -0.154. The van der Waals surface area contributed by atoms with E-state index >= 15 is 0 Å². The number of fused-ring (bicyclic) bond motifs is 1. The van der Waals surface area contributed by atoms with Crippen molar-refractivity contribution in [1.29, 1.82) is 0 Å². The fourth-order valence-corrected chi connectivity index (χ4v) is 3.08. The largest absolute Gasteiger partial charge is 0.472 e. The molecule has 3 aromatic rings. The minimum absolute atomic E-state index is 0.0501. The van der Waals surface area contributed by atoms with E-state index in [1.54, 1.807) is 18.3 Å². The molecule has 0 bridgehead atoms. The van der Waals surface area contributed by atoms with Crippen LogP contribution >= 0.6 is 0 Å². The Labute approximate surface area is 151 Å². The summed E-state index contributed by atoms with van der Waals surface area (Å²) in [4.78, 5) is 19.8. The highest BCUT2D eigenvalue weighted by molar-refractivity contribution is 5.94. The van der Waals surface area contributed by atoms with Crippen LogP contribution in [0.5, 0.6) is 5.88 Å². The molecule has 0 saturated carbocycles. The molecule has 0 spiro atoms. The van der Waals surface area contributed by atoms with Gasteiger partial charge in [0.2, 0.25) is 5.88 Å². The van der Waals surface area contributed by atoms with Gasteiger partial charge in [-0.25, -0.2) is 4.98 Å². The Morgan fingerprint density at radius 1 is 1.35 bits per heavy atom. The van der Waals surface area contributed by atoms with E-state index in [2.05, 4.69) is 27.4 Å². The van der Waals surface area contributed by atoms with E-state index in [4.69, 9.17) is 9.47 Å². The first-order valence-electron chi connectivity index (χ1n) is 8.74. The maximum absolute atomic E-state index is 12.3. The summed E-state index contributed by atoms with van der Waals surface area (Å²) in [5.41, 5.74) is 3.79. The maximum atomic E-state index is 12.3. The van der Waals surface area contributed by atoms with Crippen molar-refractivity contribution < 1.29 is 14.3 Å². The Balaban J connectivity index is 1.36. The first-order valence-corrected chi connectivity index (χ1v) is 8.74. The van der Waals surface area contributed by atoms with Gasteiger partial charge >= 0.3 is 0 Å². The van der Waals surface area contributed by atoms with Crippen LogP contribution in [0.2, 0.25) is 0 Å². The fourth-order valence-electron chi connectivity index (χ4n) is 3.08. The average molecular weight is 351 g/mol. The van der Waals surface area contributed by atoms with Crippen molar-refractivity contribution in [2.45, 2.75) is 26.0 Å².